The van der Waals surface area contributed by atoms with Crippen molar-refractivity contribution in [2.24, 2.45) is 0 Å². The van der Waals surface area contributed by atoms with Crippen LogP contribution in [0.4, 0.5) is 0 Å². The summed E-state index contributed by atoms with van der Waals surface area (Å²) in [6.07, 6.45) is 0.591. The molecular weight excluding hydrogens is 276 g/mol. The first kappa shape index (κ1) is 14.1. The van der Waals surface area contributed by atoms with Gasteiger partial charge in [0.15, 0.2) is 7.15 Å². The Kier molecular flexibility index (Phi) is 6.30. The van der Waals surface area contributed by atoms with Crippen molar-refractivity contribution < 1.29 is 18.4 Å². The van der Waals surface area contributed by atoms with Crippen molar-refractivity contribution in [3.63, 3.8) is 0 Å². The predicted octanol–water partition coefficient (Wildman–Crippen LogP) is 1.78. The predicted molar refractivity (Wildman–Crippen MR) is 67.8 cm³/mol. The molecule has 0 amide bonds. The van der Waals surface area contributed by atoms with E-state index < -0.39 is 14.4 Å². The molecule has 1 aliphatic heterocycles. The van der Waals surface area contributed by atoms with Crippen LogP contribution in [0.3, 0.4) is 0 Å². The van der Waals surface area contributed by atoms with E-state index in [0.717, 1.165) is 6.42 Å². The van der Waals surface area contributed by atoms with Crippen LogP contribution in [0.1, 0.15) is 13.3 Å². The monoisotopic (exact) mass is 291 g/mol. The molecule has 1 heterocycles. The van der Waals surface area contributed by atoms with Crippen LogP contribution >= 0.6 is 38.9 Å². The highest BCUT2D eigenvalue weighted by molar-refractivity contribution is 8.40. The summed E-state index contributed by atoms with van der Waals surface area (Å²) in [6.45, 7) is 2.13. The quantitative estimate of drug-likeness (QED) is 0.532. The molecule has 0 radical (unpaired) electrons. The lowest BCUT2D eigenvalue weighted by atomic mass is 10.1. The Morgan fingerprint density at radius 3 is 2.73 bits per heavy atom. The van der Waals surface area contributed by atoms with Crippen molar-refractivity contribution in [1.29, 1.82) is 0 Å². The number of hydrogen-bond donors (Lipinski definition) is 3. The van der Waals surface area contributed by atoms with Gasteiger partial charge >= 0.3 is 0 Å². The van der Waals surface area contributed by atoms with Gasteiger partial charge in [0.2, 0.25) is 7.23 Å². The van der Waals surface area contributed by atoms with Crippen molar-refractivity contribution in [1.82, 2.24) is 5.09 Å². The standard InChI is InChI=1S/C6H15NO4P2S2/c1-4-2-5(7-12(8)14)6(11-4)3-10-13(9)15/h4-6,12-13H,2-3H2,1H3,(H,9,15)(H2,7,8,14)/t4-,5-,6+/m0/s1. The second-order valence-corrected chi connectivity index (χ2v) is 7.39. The molecule has 0 aliphatic carbocycles. The third-order valence-corrected chi connectivity index (χ3v) is 3.93. The number of rotatable bonds is 5. The smallest absolute Gasteiger partial charge is 0.243 e. The van der Waals surface area contributed by atoms with E-state index in [0.29, 0.717) is 0 Å². The lowest BCUT2D eigenvalue weighted by Gasteiger charge is -2.17. The van der Waals surface area contributed by atoms with E-state index in [-0.39, 0.29) is 24.9 Å². The van der Waals surface area contributed by atoms with Gasteiger partial charge in [-0.25, -0.2) is 0 Å². The van der Waals surface area contributed by atoms with Gasteiger partial charge in [-0.3, -0.25) is 14.2 Å². The van der Waals surface area contributed by atoms with E-state index in [1.807, 2.05) is 6.92 Å². The highest BCUT2D eigenvalue weighted by atomic mass is 32.7. The summed E-state index contributed by atoms with van der Waals surface area (Å²) in [5.41, 5.74) is 0. The summed E-state index contributed by atoms with van der Waals surface area (Å²) < 4.78 is 32.1. The van der Waals surface area contributed by atoms with Gasteiger partial charge in [-0.1, -0.05) is 12.2 Å². The molecule has 0 saturated carbocycles. The average molecular weight is 291 g/mol. The first-order chi connectivity index (χ1) is 6.99. The SMILES string of the molecule is C[C@H]1C[C@H](N[PH](=O)S)[C@@H](CO[PH](=O)S)O1. The summed E-state index contributed by atoms with van der Waals surface area (Å²) in [4.78, 5) is 0. The molecule has 1 fully saturated rings. The second kappa shape index (κ2) is 6.70. The molecule has 1 saturated heterocycles. The van der Waals surface area contributed by atoms with Gasteiger partial charge in [-0.15, -0.1) is 12.2 Å². The van der Waals surface area contributed by atoms with Gasteiger partial charge in [-0.05, 0) is 13.3 Å². The fraction of sp³-hybridized carbons (Fsp3) is 1.00. The number of thiol groups is 2. The van der Waals surface area contributed by atoms with Gasteiger partial charge in [-0.2, -0.15) is 0 Å². The molecule has 0 spiro atoms. The van der Waals surface area contributed by atoms with Crippen LogP contribution in [0.25, 0.3) is 0 Å². The molecule has 0 aromatic rings. The van der Waals surface area contributed by atoms with E-state index in [4.69, 9.17) is 9.26 Å². The van der Waals surface area contributed by atoms with Crippen LogP contribution in [-0.2, 0) is 18.4 Å². The van der Waals surface area contributed by atoms with Gasteiger partial charge in [0.25, 0.3) is 0 Å². The minimum absolute atomic E-state index is 0.0569. The van der Waals surface area contributed by atoms with Gasteiger partial charge in [0, 0.05) is 6.04 Å². The van der Waals surface area contributed by atoms with Crippen molar-refractivity contribution in [2.75, 3.05) is 6.61 Å². The highest BCUT2D eigenvalue weighted by Crippen LogP contribution is 2.32. The fourth-order valence-electron chi connectivity index (χ4n) is 1.58. The van der Waals surface area contributed by atoms with Gasteiger partial charge in [0.05, 0.1) is 18.8 Å². The lowest BCUT2D eigenvalue weighted by molar-refractivity contribution is 0.0236. The Morgan fingerprint density at radius 1 is 1.53 bits per heavy atom. The van der Waals surface area contributed by atoms with Gasteiger partial charge in [0.1, 0.15) is 0 Å². The van der Waals surface area contributed by atoms with Crippen molar-refractivity contribution in [2.45, 2.75) is 31.6 Å². The Hall–Kier alpha value is 1.04. The summed E-state index contributed by atoms with van der Waals surface area (Å²) in [6, 6.07) is -0.0569. The van der Waals surface area contributed by atoms with E-state index >= 15 is 0 Å². The maximum Gasteiger partial charge on any atom is 0.243 e. The molecule has 5 nitrogen and oxygen atoms in total. The zero-order chi connectivity index (χ0) is 11.4. The Bertz CT molecular complexity index is 268. The number of hydrogen-bond acceptors (Lipinski definition) is 4. The molecule has 1 rings (SSSR count). The van der Waals surface area contributed by atoms with E-state index in [1.54, 1.807) is 0 Å². The van der Waals surface area contributed by atoms with Gasteiger partial charge < -0.3 is 9.26 Å². The van der Waals surface area contributed by atoms with Crippen molar-refractivity contribution >= 4 is 38.9 Å². The maximum atomic E-state index is 11.0. The van der Waals surface area contributed by atoms with E-state index in [2.05, 4.69) is 29.6 Å². The van der Waals surface area contributed by atoms with Crippen LogP contribution in [-0.4, -0.2) is 24.9 Å². The first-order valence-corrected chi connectivity index (χ1v) is 9.80. The molecule has 15 heavy (non-hydrogen) atoms. The Labute approximate surface area is 101 Å². The number of ether oxygens (including phenoxy) is 1. The third kappa shape index (κ3) is 5.26. The average Bonchev–Trinajstić information content (AvgIpc) is 2.41. The minimum atomic E-state index is -2.24. The molecule has 0 aromatic carbocycles. The number of nitrogens with one attached hydrogen (secondary N) is 1. The molecular formula is C6H15NO4P2S2. The maximum absolute atomic E-state index is 11.0. The summed E-state index contributed by atoms with van der Waals surface area (Å²) in [5.74, 6) is 0. The Balaban J connectivity index is 2.45. The van der Waals surface area contributed by atoms with Crippen molar-refractivity contribution in [3.8, 4) is 0 Å². The molecule has 0 bridgehead atoms. The zero-order valence-corrected chi connectivity index (χ0v) is 12.0. The highest BCUT2D eigenvalue weighted by Gasteiger charge is 2.33. The molecule has 9 heteroatoms. The Morgan fingerprint density at radius 2 is 2.20 bits per heavy atom. The van der Waals surface area contributed by atoms with Crippen LogP contribution < -0.4 is 5.09 Å². The lowest BCUT2D eigenvalue weighted by Crippen LogP contribution is -2.34. The molecule has 1 N–H and O–H groups in total. The first-order valence-electron chi connectivity index (χ1n) is 4.49. The molecule has 5 atom stereocenters. The molecule has 90 valence electrons. The van der Waals surface area contributed by atoms with Crippen LogP contribution in [0.2, 0.25) is 0 Å². The second-order valence-electron chi connectivity index (χ2n) is 3.35. The zero-order valence-electron chi connectivity index (χ0n) is 8.17. The topological polar surface area (TPSA) is 64.6 Å². The van der Waals surface area contributed by atoms with Crippen LogP contribution in [0.15, 0.2) is 0 Å². The van der Waals surface area contributed by atoms with E-state index in [1.165, 1.54) is 0 Å². The summed E-state index contributed by atoms with van der Waals surface area (Å²) in [7, 11) is -4.28. The van der Waals surface area contributed by atoms with E-state index in [9.17, 15) is 9.13 Å². The fourth-order valence-corrected chi connectivity index (χ4v) is 3.23. The van der Waals surface area contributed by atoms with Crippen molar-refractivity contribution in [3.05, 3.63) is 0 Å². The normalized spacial score (nSPS) is 35.3. The minimum Gasteiger partial charge on any atom is -0.371 e. The molecule has 0 aromatic heterocycles. The summed E-state index contributed by atoms with van der Waals surface area (Å²) in [5, 5.41) is 2.84. The largest absolute Gasteiger partial charge is 0.371 e. The van der Waals surface area contributed by atoms with Crippen LogP contribution in [0.5, 0.6) is 0 Å². The third-order valence-electron chi connectivity index (χ3n) is 2.12. The molecule has 2 unspecified atom stereocenters. The van der Waals surface area contributed by atoms with Crippen LogP contribution in [0, 0.1) is 0 Å². The summed E-state index contributed by atoms with van der Waals surface area (Å²) >= 11 is 7.49. The molecule has 1 aliphatic rings.